The van der Waals surface area contributed by atoms with Crippen molar-refractivity contribution in [1.29, 1.82) is 0 Å². The first-order chi connectivity index (χ1) is 8.61. The highest BCUT2D eigenvalue weighted by atomic mass is 16.6. The highest BCUT2D eigenvalue weighted by Crippen LogP contribution is 1.98. The van der Waals surface area contributed by atoms with Crippen molar-refractivity contribution in [2.45, 2.75) is 19.1 Å². The molecular weight excluding hydrogens is 244 g/mol. The number of hydrogen-bond donors (Lipinski definition) is 2. The van der Waals surface area contributed by atoms with Gasteiger partial charge in [-0.15, -0.1) is 0 Å². The predicted molar refractivity (Wildman–Crippen MR) is 62.2 cm³/mol. The largest absolute Gasteiger partial charge is 0.463 e. The van der Waals surface area contributed by atoms with Crippen LogP contribution >= 0.6 is 0 Å². The minimum absolute atomic E-state index is 0.172. The Morgan fingerprint density at radius 3 is 2.33 bits per heavy atom. The maximum atomic E-state index is 10.4. The molecule has 0 aromatic heterocycles. The molecule has 0 spiro atoms. The van der Waals surface area contributed by atoms with Gasteiger partial charge in [0.25, 0.3) is 0 Å². The molecule has 0 fully saturated rings. The molecule has 0 aliphatic heterocycles. The molecule has 0 rings (SSSR count). The molecule has 108 valence electrons. The summed E-state index contributed by atoms with van der Waals surface area (Å²) < 4.78 is 19.9. The van der Waals surface area contributed by atoms with Gasteiger partial charge in [0.2, 0.25) is 0 Å². The van der Waals surface area contributed by atoms with E-state index in [0.717, 1.165) is 0 Å². The number of methoxy groups -OCH3 is 1. The quantitative estimate of drug-likeness (QED) is 0.364. The maximum Gasteiger partial charge on any atom is 0.302 e. The van der Waals surface area contributed by atoms with Gasteiger partial charge < -0.3 is 29.2 Å². The molecule has 0 aromatic rings. The number of carbonyl (C=O) groups excluding carboxylic acids is 1. The zero-order valence-corrected chi connectivity index (χ0v) is 10.8. The highest BCUT2D eigenvalue weighted by molar-refractivity contribution is 5.65. The third kappa shape index (κ3) is 9.32. The van der Waals surface area contributed by atoms with Gasteiger partial charge in [-0.25, -0.2) is 0 Å². The van der Waals surface area contributed by atoms with E-state index in [0.29, 0.717) is 19.8 Å². The molecule has 7 nitrogen and oxygen atoms in total. The molecular formula is C11H22O7. The van der Waals surface area contributed by atoms with Gasteiger partial charge in [0, 0.05) is 14.0 Å². The Morgan fingerprint density at radius 1 is 1.17 bits per heavy atom. The van der Waals surface area contributed by atoms with Crippen molar-refractivity contribution in [3.63, 3.8) is 0 Å². The molecule has 0 aliphatic rings. The molecule has 0 saturated heterocycles. The summed E-state index contributed by atoms with van der Waals surface area (Å²) in [5.74, 6) is -0.337. The number of ether oxygens (including phenoxy) is 4. The van der Waals surface area contributed by atoms with Crippen LogP contribution in [0.2, 0.25) is 0 Å². The number of rotatable bonds is 11. The predicted octanol–water partition coefficient (Wildman–Crippen LogP) is -1.05. The Morgan fingerprint density at radius 2 is 1.78 bits per heavy atom. The Kier molecular flexibility index (Phi) is 10.9. The zero-order valence-electron chi connectivity index (χ0n) is 10.8. The summed E-state index contributed by atoms with van der Waals surface area (Å²) >= 11 is 0. The van der Waals surface area contributed by atoms with Gasteiger partial charge in [-0.3, -0.25) is 4.79 Å². The van der Waals surface area contributed by atoms with Crippen molar-refractivity contribution in [1.82, 2.24) is 0 Å². The Balaban J connectivity index is 3.36. The number of esters is 1. The molecule has 0 amide bonds. The van der Waals surface area contributed by atoms with E-state index >= 15 is 0 Å². The lowest BCUT2D eigenvalue weighted by Gasteiger charge is -2.19. The van der Waals surface area contributed by atoms with Crippen molar-refractivity contribution in [3.8, 4) is 0 Å². The molecule has 0 bridgehead atoms. The summed E-state index contributed by atoms with van der Waals surface area (Å²) in [7, 11) is 1.43. The molecule has 0 radical (unpaired) electrons. The van der Waals surface area contributed by atoms with Gasteiger partial charge in [0.15, 0.2) is 0 Å². The standard InChI is InChI=1S/C11H22O7/c1-9(13)18-6-5-16-3-4-17-8-11(15-2)10(14)7-12/h10-12,14H,3-8H2,1-2H3. The first-order valence-electron chi connectivity index (χ1n) is 5.72. The number of aliphatic hydroxyl groups is 2. The van der Waals surface area contributed by atoms with Crippen molar-refractivity contribution in [2.24, 2.45) is 0 Å². The van der Waals surface area contributed by atoms with Crippen LogP contribution in [0.5, 0.6) is 0 Å². The van der Waals surface area contributed by atoms with E-state index in [9.17, 15) is 9.90 Å². The van der Waals surface area contributed by atoms with E-state index in [1.165, 1.54) is 14.0 Å². The van der Waals surface area contributed by atoms with Gasteiger partial charge in [0.1, 0.15) is 18.8 Å². The van der Waals surface area contributed by atoms with Crippen LogP contribution in [-0.2, 0) is 23.7 Å². The van der Waals surface area contributed by atoms with Crippen LogP contribution in [0.1, 0.15) is 6.92 Å². The van der Waals surface area contributed by atoms with Gasteiger partial charge in [-0.1, -0.05) is 0 Å². The lowest BCUT2D eigenvalue weighted by Crippen LogP contribution is -2.35. The summed E-state index contributed by atoms with van der Waals surface area (Å²) in [5.41, 5.74) is 0. The summed E-state index contributed by atoms with van der Waals surface area (Å²) in [6.07, 6.45) is -1.52. The second-order valence-electron chi connectivity index (χ2n) is 3.55. The Hall–Kier alpha value is -0.730. The van der Waals surface area contributed by atoms with Gasteiger partial charge >= 0.3 is 5.97 Å². The average Bonchev–Trinajstić information content (AvgIpc) is 2.36. The number of carbonyl (C=O) groups is 1. The van der Waals surface area contributed by atoms with Gasteiger partial charge in [0.05, 0.1) is 33.0 Å². The van der Waals surface area contributed by atoms with Crippen molar-refractivity contribution < 1.29 is 34.0 Å². The average molecular weight is 266 g/mol. The molecule has 0 saturated carbocycles. The van der Waals surface area contributed by atoms with E-state index in [1.807, 2.05) is 0 Å². The minimum Gasteiger partial charge on any atom is -0.463 e. The van der Waals surface area contributed by atoms with Crippen LogP contribution in [0.3, 0.4) is 0 Å². The molecule has 0 aliphatic carbocycles. The van der Waals surface area contributed by atoms with E-state index in [4.69, 9.17) is 19.3 Å². The molecule has 0 aromatic carbocycles. The smallest absolute Gasteiger partial charge is 0.302 e. The van der Waals surface area contributed by atoms with Crippen molar-refractivity contribution in [2.75, 3.05) is 46.8 Å². The SMILES string of the molecule is COC(COCCOCCOC(C)=O)C(O)CO. The van der Waals surface area contributed by atoms with Crippen LogP contribution < -0.4 is 0 Å². The normalized spacial score (nSPS) is 14.2. The van der Waals surface area contributed by atoms with E-state index in [2.05, 4.69) is 4.74 Å². The van der Waals surface area contributed by atoms with Crippen LogP contribution in [0.25, 0.3) is 0 Å². The monoisotopic (exact) mass is 266 g/mol. The fourth-order valence-electron chi connectivity index (χ4n) is 1.12. The Labute approximate surface area is 107 Å². The summed E-state index contributed by atoms with van der Waals surface area (Å²) in [6, 6.07) is 0. The van der Waals surface area contributed by atoms with Gasteiger partial charge in [-0.05, 0) is 0 Å². The number of aliphatic hydroxyl groups excluding tert-OH is 2. The second kappa shape index (κ2) is 11.4. The second-order valence-corrected chi connectivity index (χ2v) is 3.55. The van der Waals surface area contributed by atoms with Crippen LogP contribution in [0, 0.1) is 0 Å². The molecule has 2 atom stereocenters. The van der Waals surface area contributed by atoms with E-state index in [-0.39, 0.29) is 25.8 Å². The zero-order chi connectivity index (χ0) is 13.8. The summed E-state index contributed by atoms with van der Waals surface area (Å²) in [4.78, 5) is 10.4. The lowest BCUT2D eigenvalue weighted by atomic mass is 10.2. The van der Waals surface area contributed by atoms with Gasteiger partial charge in [-0.2, -0.15) is 0 Å². The number of hydrogen-bond acceptors (Lipinski definition) is 7. The molecule has 2 N–H and O–H groups in total. The lowest BCUT2D eigenvalue weighted by molar-refractivity contribution is -0.142. The fourth-order valence-corrected chi connectivity index (χ4v) is 1.12. The molecule has 18 heavy (non-hydrogen) atoms. The Bertz CT molecular complexity index is 210. The third-order valence-corrected chi connectivity index (χ3v) is 2.11. The van der Waals surface area contributed by atoms with Crippen LogP contribution in [-0.4, -0.2) is 75.1 Å². The van der Waals surface area contributed by atoms with E-state index < -0.39 is 12.2 Å². The first kappa shape index (κ1) is 17.3. The van der Waals surface area contributed by atoms with Crippen LogP contribution in [0.4, 0.5) is 0 Å². The van der Waals surface area contributed by atoms with E-state index in [1.54, 1.807) is 0 Å². The fraction of sp³-hybridized carbons (Fsp3) is 0.909. The first-order valence-corrected chi connectivity index (χ1v) is 5.72. The minimum atomic E-state index is -0.958. The maximum absolute atomic E-state index is 10.4. The van der Waals surface area contributed by atoms with Crippen molar-refractivity contribution in [3.05, 3.63) is 0 Å². The van der Waals surface area contributed by atoms with Crippen molar-refractivity contribution >= 4 is 5.97 Å². The summed E-state index contributed by atoms with van der Waals surface area (Å²) in [6.45, 7) is 2.35. The van der Waals surface area contributed by atoms with Crippen LogP contribution in [0.15, 0.2) is 0 Å². The highest BCUT2D eigenvalue weighted by Gasteiger charge is 2.17. The third-order valence-electron chi connectivity index (χ3n) is 2.11. The molecule has 7 heteroatoms. The topological polar surface area (TPSA) is 94.5 Å². The molecule has 0 heterocycles. The summed E-state index contributed by atoms with van der Waals surface area (Å²) in [5, 5.41) is 18.0. The molecule has 2 unspecified atom stereocenters.